The highest BCUT2D eigenvalue weighted by Gasteiger charge is 2.23. The Hall–Kier alpha value is -2.18. The van der Waals surface area contributed by atoms with Gasteiger partial charge in [0.25, 0.3) is 5.91 Å². The molecule has 1 aromatic heterocycles. The number of hydrogen-bond acceptors (Lipinski definition) is 4. The molecule has 0 radical (unpaired) electrons. The van der Waals surface area contributed by atoms with Crippen molar-refractivity contribution < 1.29 is 9.59 Å². The van der Waals surface area contributed by atoms with Crippen molar-refractivity contribution in [3.8, 4) is 0 Å². The summed E-state index contributed by atoms with van der Waals surface area (Å²) in [5.74, 6) is 0.122. The van der Waals surface area contributed by atoms with E-state index >= 15 is 0 Å². The zero-order chi connectivity index (χ0) is 17.6. The Balaban J connectivity index is 1.40. The average Bonchev–Trinajstić information content (AvgIpc) is 3.16. The van der Waals surface area contributed by atoms with E-state index in [1.54, 1.807) is 0 Å². The second-order valence-corrected chi connectivity index (χ2v) is 7.26. The normalized spacial score (nSPS) is 15.2. The Labute approximate surface area is 152 Å². The summed E-state index contributed by atoms with van der Waals surface area (Å²) in [5, 5.41) is 4.88. The highest BCUT2D eigenvalue weighted by atomic mass is 32.1. The van der Waals surface area contributed by atoms with Gasteiger partial charge in [0, 0.05) is 32.7 Å². The number of nitrogens with one attached hydrogen (secondary N) is 1. The van der Waals surface area contributed by atoms with E-state index in [1.165, 1.54) is 16.9 Å². The molecule has 2 amide bonds. The van der Waals surface area contributed by atoms with Crippen molar-refractivity contribution in [2.45, 2.75) is 13.5 Å². The van der Waals surface area contributed by atoms with Gasteiger partial charge in [-0.15, -0.1) is 11.3 Å². The SMILES string of the molecule is Cc1ccc(CNC(=O)CN2CCN(C(=O)c3cccs3)CC2)cc1. The molecule has 1 aromatic carbocycles. The van der Waals surface area contributed by atoms with Crippen LogP contribution in [0.25, 0.3) is 0 Å². The summed E-state index contributed by atoms with van der Waals surface area (Å²) in [5.41, 5.74) is 2.32. The van der Waals surface area contributed by atoms with Crippen molar-refractivity contribution in [1.82, 2.24) is 15.1 Å². The lowest BCUT2D eigenvalue weighted by atomic mass is 10.1. The van der Waals surface area contributed by atoms with Crippen molar-refractivity contribution in [3.63, 3.8) is 0 Å². The third-order valence-electron chi connectivity index (χ3n) is 4.37. The van der Waals surface area contributed by atoms with Crippen molar-refractivity contribution >= 4 is 23.2 Å². The summed E-state index contributed by atoms with van der Waals surface area (Å²) < 4.78 is 0. The number of aryl methyl sites for hydroxylation is 1. The van der Waals surface area contributed by atoms with Crippen LogP contribution in [0.1, 0.15) is 20.8 Å². The zero-order valence-corrected chi connectivity index (χ0v) is 15.2. The van der Waals surface area contributed by atoms with Crippen LogP contribution in [0.3, 0.4) is 0 Å². The molecule has 0 spiro atoms. The fraction of sp³-hybridized carbons (Fsp3) is 0.368. The Morgan fingerprint density at radius 1 is 1.08 bits per heavy atom. The minimum absolute atomic E-state index is 0.0265. The molecule has 5 nitrogen and oxygen atoms in total. The molecular weight excluding hydrogens is 334 g/mol. The summed E-state index contributed by atoms with van der Waals surface area (Å²) in [6.07, 6.45) is 0. The first kappa shape index (κ1) is 17.6. The minimum atomic E-state index is 0.0265. The summed E-state index contributed by atoms with van der Waals surface area (Å²) in [7, 11) is 0. The van der Waals surface area contributed by atoms with Crippen LogP contribution in [0.2, 0.25) is 0 Å². The summed E-state index contributed by atoms with van der Waals surface area (Å²) in [6, 6.07) is 11.9. The van der Waals surface area contributed by atoms with E-state index in [0.29, 0.717) is 26.2 Å². The number of rotatable bonds is 5. The minimum Gasteiger partial charge on any atom is -0.351 e. The first-order valence-corrected chi connectivity index (χ1v) is 9.37. The van der Waals surface area contributed by atoms with Gasteiger partial charge in [-0.1, -0.05) is 35.9 Å². The lowest BCUT2D eigenvalue weighted by molar-refractivity contribution is -0.122. The number of nitrogens with zero attached hydrogens (tertiary/aromatic N) is 2. The monoisotopic (exact) mass is 357 g/mol. The van der Waals surface area contributed by atoms with Crippen LogP contribution >= 0.6 is 11.3 Å². The Morgan fingerprint density at radius 2 is 1.80 bits per heavy atom. The molecule has 0 atom stereocenters. The molecule has 0 saturated carbocycles. The summed E-state index contributed by atoms with van der Waals surface area (Å²) in [6.45, 7) is 5.78. The van der Waals surface area contributed by atoms with Crippen molar-refractivity contribution in [2.75, 3.05) is 32.7 Å². The molecule has 132 valence electrons. The lowest BCUT2D eigenvalue weighted by Gasteiger charge is -2.34. The summed E-state index contributed by atoms with van der Waals surface area (Å²) in [4.78, 5) is 29.2. The van der Waals surface area contributed by atoms with Crippen LogP contribution in [0.4, 0.5) is 0 Å². The molecule has 2 heterocycles. The topological polar surface area (TPSA) is 52.7 Å². The molecule has 3 rings (SSSR count). The Morgan fingerprint density at radius 3 is 2.44 bits per heavy atom. The number of piperazine rings is 1. The van der Waals surface area contributed by atoms with Crippen LogP contribution < -0.4 is 5.32 Å². The number of amides is 2. The highest BCUT2D eigenvalue weighted by molar-refractivity contribution is 7.12. The number of carbonyl (C=O) groups excluding carboxylic acids is 2. The molecule has 1 saturated heterocycles. The molecule has 1 fully saturated rings. The molecular formula is C19H23N3O2S. The molecule has 1 aliphatic rings. The van der Waals surface area contributed by atoms with Gasteiger partial charge in [-0.3, -0.25) is 14.5 Å². The highest BCUT2D eigenvalue weighted by Crippen LogP contribution is 2.13. The first-order valence-electron chi connectivity index (χ1n) is 8.49. The van der Waals surface area contributed by atoms with E-state index in [-0.39, 0.29) is 11.8 Å². The second kappa shape index (κ2) is 8.27. The van der Waals surface area contributed by atoms with E-state index in [0.717, 1.165) is 23.5 Å². The predicted octanol–water partition coefficient (Wildman–Crippen LogP) is 2.13. The van der Waals surface area contributed by atoms with Gasteiger partial charge in [-0.05, 0) is 23.9 Å². The fourth-order valence-electron chi connectivity index (χ4n) is 2.83. The smallest absolute Gasteiger partial charge is 0.264 e. The van der Waals surface area contributed by atoms with Gasteiger partial charge in [0.05, 0.1) is 11.4 Å². The van der Waals surface area contributed by atoms with E-state index in [1.807, 2.05) is 53.6 Å². The van der Waals surface area contributed by atoms with Crippen LogP contribution in [0, 0.1) is 6.92 Å². The zero-order valence-electron chi connectivity index (χ0n) is 14.4. The van der Waals surface area contributed by atoms with E-state index < -0.39 is 0 Å². The van der Waals surface area contributed by atoms with Gasteiger partial charge in [-0.25, -0.2) is 0 Å². The average molecular weight is 357 g/mol. The molecule has 1 N–H and O–H groups in total. The maximum Gasteiger partial charge on any atom is 0.264 e. The van der Waals surface area contributed by atoms with Gasteiger partial charge in [0.2, 0.25) is 5.91 Å². The second-order valence-electron chi connectivity index (χ2n) is 6.31. The molecule has 1 aliphatic heterocycles. The van der Waals surface area contributed by atoms with Crippen molar-refractivity contribution in [1.29, 1.82) is 0 Å². The van der Waals surface area contributed by atoms with E-state index in [4.69, 9.17) is 0 Å². The summed E-state index contributed by atoms with van der Waals surface area (Å²) >= 11 is 1.47. The largest absolute Gasteiger partial charge is 0.351 e. The maximum atomic E-state index is 12.3. The maximum absolute atomic E-state index is 12.3. The van der Waals surface area contributed by atoms with E-state index in [2.05, 4.69) is 10.2 Å². The lowest BCUT2D eigenvalue weighted by Crippen LogP contribution is -2.51. The van der Waals surface area contributed by atoms with Crippen molar-refractivity contribution in [2.24, 2.45) is 0 Å². The van der Waals surface area contributed by atoms with Gasteiger partial charge in [-0.2, -0.15) is 0 Å². The van der Waals surface area contributed by atoms with Crippen molar-refractivity contribution in [3.05, 3.63) is 57.8 Å². The van der Waals surface area contributed by atoms with Gasteiger partial charge >= 0.3 is 0 Å². The van der Waals surface area contributed by atoms with Gasteiger partial charge < -0.3 is 10.2 Å². The quantitative estimate of drug-likeness (QED) is 0.892. The molecule has 25 heavy (non-hydrogen) atoms. The molecule has 0 unspecified atom stereocenters. The Kier molecular flexibility index (Phi) is 5.83. The molecule has 6 heteroatoms. The van der Waals surface area contributed by atoms with Crippen LogP contribution in [0.5, 0.6) is 0 Å². The third kappa shape index (κ3) is 4.90. The van der Waals surface area contributed by atoms with Gasteiger partial charge in [0.15, 0.2) is 0 Å². The first-order chi connectivity index (χ1) is 12.1. The number of benzene rings is 1. The fourth-order valence-corrected chi connectivity index (χ4v) is 3.52. The molecule has 2 aromatic rings. The predicted molar refractivity (Wildman–Crippen MR) is 99.7 cm³/mol. The number of thiophene rings is 1. The standard InChI is InChI=1S/C19H23N3O2S/c1-15-4-6-16(7-5-15)13-20-18(23)14-21-8-10-22(11-9-21)19(24)17-3-2-12-25-17/h2-7,12H,8-11,13-14H2,1H3,(H,20,23). The van der Waals surface area contributed by atoms with Crippen LogP contribution in [-0.2, 0) is 11.3 Å². The van der Waals surface area contributed by atoms with Gasteiger partial charge in [0.1, 0.15) is 0 Å². The number of carbonyl (C=O) groups is 2. The molecule has 0 bridgehead atoms. The Bertz CT molecular complexity index is 705. The van der Waals surface area contributed by atoms with Crippen LogP contribution in [-0.4, -0.2) is 54.3 Å². The van der Waals surface area contributed by atoms with Crippen LogP contribution in [0.15, 0.2) is 41.8 Å². The molecule has 0 aliphatic carbocycles. The van der Waals surface area contributed by atoms with E-state index in [9.17, 15) is 9.59 Å². The third-order valence-corrected chi connectivity index (χ3v) is 5.23. The number of hydrogen-bond donors (Lipinski definition) is 1.